The van der Waals surface area contributed by atoms with Crippen LogP contribution in [0.5, 0.6) is 5.75 Å². The second kappa shape index (κ2) is 12.5. The molecule has 9 heteroatoms. The molecule has 0 radical (unpaired) electrons. The van der Waals surface area contributed by atoms with E-state index in [1.54, 1.807) is 0 Å². The second-order valence-corrected chi connectivity index (χ2v) is 10.1. The van der Waals surface area contributed by atoms with Crippen LogP contribution in [-0.4, -0.2) is 58.0 Å². The number of methoxy groups -OCH3 is 1. The zero-order valence-corrected chi connectivity index (χ0v) is 20.3. The van der Waals surface area contributed by atoms with Crippen LogP contribution >= 0.6 is 0 Å². The van der Waals surface area contributed by atoms with E-state index in [9.17, 15) is 18.0 Å². The van der Waals surface area contributed by atoms with E-state index in [0.29, 0.717) is 19.6 Å². The van der Waals surface area contributed by atoms with Gasteiger partial charge in [0.05, 0.1) is 12.7 Å². The summed E-state index contributed by atoms with van der Waals surface area (Å²) in [5, 5.41) is 2.72. The van der Waals surface area contributed by atoms with Crippen molar-refractivity contribution in [2.24, 2.45) is 0 Å². The maximum absolute atomic E-state index is 13.2. The van der Waals surface area contributed by atoms with Gasteiger partial charge in [-0.1, -0.05) is 43.2 Å². The molecule has 0 spiro atoms. The van der Waals surface area contributed by atoms with Gasteiger partial charge in [0.1, 0.15) is 10.6 Å². The molecule has 0 atom stereocenters. The summed E-state index contributed by atoms with van der Waals surface area (Å²) in [5.41, 5.74) is 1.24. The smallest absolute Gasteiger partial charge is 0.338 e. The van der Waals surface area contributed by atoms with Gasteiger partial charge in [0, 0.05) is 19.6 Å². The van der Waals surface area contributed by atoms with Crippen LogP contribution in [0.3, 0.4) is 0 Å². The van der Waals surface area contributed by atoms with E-state index < -0.39 is 28.5 Å². The first-order valence-electron chi connectivity index (χ1n) is 11.6. The third-order valence-corrected chi connectivity index (χ3v) is 7.64. The van der Waals surface area contributed by atoms with Crippen LogP contribution in [0.4, 0.5) is 0 Å². The molecule has 0 aromatic heterocycles. The first-order valence-corrected chi connectivity index (χ1v) is 13.0. The van der Waals surface area contributed by atoms with Crippen molar-refractivity contribution in [2.45, 2.75) is 43.4 Å². The lowest BCUT2D eigenvalue weighted by atomic mass is 10.1. The Kier molecular flexibility index (Phi) is 9.47. The van der Waals surface area contributed by atoms with Crippen LogP contribution in [0.25, 0.3) is 0 Å². The van der Waals surface area contributed by atoms with Crippen molar-refractivity contribution in [1.82, 2.24) is 9.62 Å². The summed E-state index contributed by atoms with van der Waals surface area (Å²) in [6.07, 6.45) is 5.17. The summed E-state index contributed by atoms with van der Waals surface area (Å²) in [7, 11) is -2.45. The van der Waals surface area contributed by atoms with Crippen LogP contribution in [0.1, 0.15) is 48.0 Å². The van der Waals surface area contributed by atoms with Crippen molar-refractivity contribution < 1.29 is 27.5 Å². The largest absolute Gasteiger partial charge is 0.495 e. The fourth-order valence-electron chi connectivity index (χ4n) is 3.86. The number of esters is 1. The number of carbonyl (C=O) groups excluding carboxylic acids is 2. The number of rotatable bonds is 10. The predicted octanol–water partition coefficient (Wildman–Crippen LogP) is 3.17. The highest BCUT2D eigenvalue weighted by molar-refractivity contribution is 7.89. The lowest BCUT2D eigenvalue weighted by Gasteiger charge is -2.21. The Morgan fingerprint density at radius 2 is 1.71 bits per heavy atom. The Labute approximate surface area is 201 Å². The molecular weight excluding hydrogens is 456 g/mol. The molecule has 0 bridgehead atoms. The highest BCUT2D eigenvalue weighted by atomic mass is 32.2. The molecular formula is C25H32N2O6S. The number of ether oxygens (including phenoxy) is 2. The number of nitrogens with one attached hydrogen (secondary N) is 1. The lowest BCUT2D eigenvalue weighted by molar-refractivity contribution is -0.124. The SMILES string of the molecule is COc1ccc(C(=O)OCC(=O)NCCCc2ccccc2)cc1S(=O)(=O)N1CCCCCC1. The van der Waals surface area contributed by atoms with Crippen molar-refractivity contribution >= 4 is 21.9 Å². The van der Waals surface area contributed by atoms with Crippen molar-refractivity contribution in [2.75, 3.05) is 33.4 Å². The molecule has 1 saturated heterocycles. The quantitative estimate of drug-likeness (QED) is 0.407. The number of amides is 1. The Bertz CT molecular complexity index is 1060. The Balaban J connectivity index is 1.56. The molecule has 0 unspecified atom stereocenters. The highest BCUT2D eigenvalue weighted by Crippen LogP contribution is 2.29. The van der Waals surface area contributed by atoms with Crippen molar-refractivity contribution in [1.29, 1.82) is 0 Å². The summed E-state index contributed by atoms with van der Waals surface area (Å²) in [4.78, 5) is 24.5. The molecule has 34 heavy (non-hydrogen) atoms. The minimum Gasteiger partial charge on any atom is -0.495 e. The maximum atomic E-state index is 13.2. The summed E-state index contributed by atoms with van der Waals surface area (Å²) in [6, 6.07) is 14.1. The summed E-state index contributed by atoms with van der Waals surface area (Å²) < 4.78 is 38.3. The van der Waals surface area contributed by atoms with Crippen molar-refractivity contribution in [3.63, 3.8) is 0 Å². The third-order valence-electron chi connectivity index (χ3n) is 5.72. The minimum absolute atomic E-state index is 0.0473. The van der Waals surface area contributed by atoms with Gasteiger partial charge < -0.3 is 14.8 Å². The zero-order chi connectivity index (χ0) is 24.4. The van der Waals surface area contributed by atoms with E-state index >= 15 is 0 Å². The fraction of sp³-hybridized carbons (Fsp3) is 0.440. The minimum atomic E-state index is -3.83. The van der Waals surface area contributed by atoms with Crippen LogP contribution in [-0.2, 0) is 26.0 Å². The monoisotopic (exact) mass is 488 g/mol. The third kappa shape index (κ3) is 7.04. The summed E-state index contributed by atoms with van der Waals surface area (Å²) in [5.74, 6) is -1.02. The molecule has 184 valence electrons. The van der Waals surface area contributed by atoms with E-state index in [4.69, 9.17) is 9.47 Å². The summed E-state index contributed by atoms with van der Waals surface area (Å²) in [6.45, 7) is 0.895. The number of sulfonamides is 1. The lowest BCUT2D eigenvalue weighted by Crippen LogP contribution is -2.32. The van der Waals surface area contributed by atoms with Gasteiger partial charge in [-0.3, -0.25) is 4.79 Å². The van der Waals surface area contributed by atoms with E-state index in [0.717, 1.165) is 38.5 Å². The molecule has 1 aliphatic heterocycles. The molecule has 1 amide bonds. The van der Waals surface area contributed by atoms with Gasteiger partial charge in [0.2, 0.25) is 10.0 Å². The molecule has 1 fully saturated rings. The number of hydrogen-bond donors (Lipinski definition) is 1. The van der Waals surface area contributed by atoms with Crippen LogP contribution in [0.2, 0.25) is 0 Å². The van der Waals surface area contributed by atoms with Gasteiger partial charge in [-0.2, -0.15) is 4.31 Å². The van der Waals surface area contributed by atoms with Gasteiger partial charge in [-0.25, -0.2) is 13.2 Å². The van der Waals surface area contributed by atoms with Gasteiger partial charge in [-0.15, -0.1) is 0 Å². The topological polar surface area (TPSA) is 102 Å². The number of nitrogens with zero attached hydrogens (tertiary/aromatic N) is 1. The molecule has 2 aromatic carbocycles. The average Bonchev–Trinajstić information content (AvgIpc) is 3.16. The first-order chi connectivity index (χ1) is 16.4. The van der Waals surface area contributed by atoms with Crippen molar-refractivity contribution in [3.8, 4) is 5.75 Å². The normalized spacial score (nSPS) is 14.7. The Hall–Kier alpha value is -2.91. The van der Waals surface area contributed by atoms with E-state index in [1.165, 1.54) is 35.2 Å². The number of benzene rings is 2. The average molecular weight is 489 g/mol. The maximum Gasteiger partial charge on any atom is 0.338 e. The van der Waals surface area contributed by atoms with Gasteiger partial charge >= 0.3 is 5.97 Å². The molecule has 1 heterocycles. The van der Waals surface area contributed by atoms with E-state index in [2.05, 4.69) is 5.32 Å². The van der Waals surface area contributed by atoms with Gasteiger partial charge in [-0.05, 0) is 49.4 Å². The molecule has 1 aliphatic rings. The molecule has 1 N–H and O–H groups in total. The predicted molar refractivity (Wildman–Crippen MR) is 128 cm³/mol. The van der Waals surface area contributed by atoms with Crippen LogP contribution in [0, 0.1) is 0 Å². The van der Waals surface area contributed by atoms with Crippen molar-refractivity contribution in [3.05, 3.63) is 59.7 Å². The van der Waals surface area contributed by atoms with Crippen LogP contribution < -0.4 is 10.1 Å². The van der Waals surface area contributed by atoms with Crippen LogP contribution in [0.15, 0.2) is 53.4 Å². The second-order valence-electron chi connectivity index (χ2n) is 8.20. The zero-order valence-electron chi connectivity index (χ0n) is 19.5. The Morgan fingerprint density at radius 3 is 2.38 bits per heavy atom. The first kappa shape index (κ1) is 25.7. The summed E-state index contributed by atoms with van der Waals surface area (Å²) >= 11 is 0. The highest BCUT2D eigenvalue weighted by Gasteiger charge is 2.29. The molecule has 0 aliphatic carbocycles. The van der Waals surface area contributed by atoms with Gasteiger partial charge in [0.25, 0.3) is 5.91 Å². The molecule has 3 rings (SSSR count). The standard InChI is InChI=1S/C25H32N2O6S/c1-32-22-14-13-21(18-23(22)34(30,31)27-16-7-2-3-8-17-27)25(29)33-19-24(28)26-15-9-12-20-10-5-4-6-11-20/h4-6,10-11,13-14,18H,2-3,7-9,12,15-17,19H2,1H3,(H,26,28). The molecule has 2 aromatic rings. The Morgan fingerprint density at radius 1 is 1.00 bits per heavy atom. The number of aryl methyl sites for hydroxylation is 1. The van der Waals surface area contributed by atoms with E-state index in [1.807, 2.05) is 30.3 Å². The fourth-order valence-corrected chi connectivity index (χ4v) is 5.56. The van der Waals surface area contributed by atoms with Gasteiger partial charge in [0.15, 0.2) is 6.61 Å². The molecule has 0 saturated carbocycles. The number of carbonyl (C=O) groups is 2. The number of hydrogen-bond acceptors (Lipinski definition) is 6. The van der Waals surface area contributed by atoms with E-state index in [-0.39, 0.29) is 16.2 Å². The molecule has 8 nitrogen and oxygen atoms in total.